The molecule has 7 heteroatoms. The first-order chi connectivity index (χ1) is 8.75. The zero-order chi connectivity index (χ0) is 14.3. The van der Waals surface area contributed by atoms with Crippen molar-refractivity contribution in [3.05, 3.63) is 29.3 Å². The van der Waals surface area contributed by atoms with Crippen LogP contribution in [-0.4, -0.2) is 36.9 Å². The topological polar surface area (TPSA) is 74.7 Å². The van der Waals surface area contributed by atoms with Crippen LogP contribution in [0.1, 0.15) is 13.3 Å². The van der Waals surface area contributed by atoms with Crippen LogP contribution in [-0.2, 0) is 14.8 Å². The molecule has 1 N–H and O–H groups in total. The molecular formula is C12H14ClNO4S. The minimum absolute atomic E-state index is 0.0167. The third-order valence-corrected chi connectivity index (χ3v) is 5.46. The molecule has 2 rings (SSSR count). The van der Waals surface area contributed by atoms with Gasteiger partial charge < -0.3 is 5.11 Å². The number of sulfonamides is 1. The number of aliphatic carboxylic acids is 1. The second-order valence-electron chi connectivity index (χ2n) is 4.91. The standard InChI is InChI=1S/C12H14ClNO4S/c1-12(11(15)16)5-6-14(8-12)19(17,18)10-4-2-3-9(13)7-10/h2-4,7H,5-6,8H2,1H3,(H,15,16). The fraction of sp³-hybridized carbons (Fsp3) is 0.417. The number of carbonyl (C=O) groups is 1. The monoisotopic (exact) mass is 303 g/mol. The van der Waals surface area contributed by atoms with Gasteiger partial charge in [0.05, 0.1) is 10.3 Å². The van der Waals surface area contributed by atoms with Crippen LogP contribution in [0.25, 0.3) is 0 Å². The highest BCUT2D eigenvalue weighted by Gasteiger charge is 2.44. The predicted molar refractivity (Wildman–Crippen MR) is 70.6 cm³/mol. The normalized spacial score (nSPS) is 24.5. The molecule has 0 aromatic heterocycles. The van der Waals surface area contributed by atoms with Crippen LogP contribution in [0.5, 0.6) is 0 Å². The molecule has 1 aliphatic rings. The Kier molecular flexibility index (Phi) is 3.59. The zero-order valence-electron chi connectivity index (χ0n) is 10.3. The molecule has 19 heavy (non-hydrogen) atoms. The highest BCUT2D eigenvalue weighted by atomic mass is 35.5. The average molecular weight is 304 g/mol. The second-order valence-corrected chi connectivity index (χ2v) is 7.29. The molecule has 5 nitrogen and oxygen atoms in total. The van der Waals surface area contributed by atoms with Crippen molar-refractivity contribution < 1.29 is 18.3 Å². The first-order valence-corrected chi connectivity index (χ1v) is 7.57. The summed E-state index contributed by atoms with van der Waals surface area (Å²) in [4.78, 5) is 11.2. The lowest BCUT2D eigenvalue weighted by molar-refractivity contribution is -0.146. The molecule has 1 atom stereocenters. The number of benzene rings is 1. The summed E-state index contributed by atoms with van der Waals surface area (Å²) in [5.74, 6) is -0.976. The maximum atomic E-state index is 12.4. The van der Waals surface area contributed by atoms with Gasteiger partial charge in [0, 0.05) is 18.1 Å². The molecular weight excluding hydrogens is 290 g/mol. The maximum Gasteiger partial charge on any atom is 0.310 e. The van der Waals surface area contributed by atoms with Crippen molar-refractivity contribution in [2.75, 3.05) is 13.1 Å². The zero-order valence-corrected chi connectivity index (χ0v) is 11.9. The van der Waals surface area contributed by atoms with E-state index in [0.29, 0.717) is 11.4 Å². The molecule has 0 bridgehead atoms. The van der Waals surface area contributed by atoms with E-state index in [1.54, 1.807) is 19.1 Å². The number of carboxylic acids is 1. The summed E-state index contributed by atoms with van der Waals surface area (Å²) >= 11 is 5.79. The van der Waals surface area contributed by atoms with Crippen molar-refractivity contribution in [3.8, 4) is 0 Å². The molecule has 1 heterocycles. The molecule has 0 spiro atoms. The van der Waals surface area contributed by atoms with Crippen LogP contribution in [0.15, 0.2) is 29.2 Å². The first-order valence-electron chi connectivity index (χ1n) is 5.75. The fourth-order valence-corrected chi connectivity index (χ4v) is 3.94. The van der Waals surface area contributed by atoms with Gasteiger partial charge in [-0.15, -0.1) is 0 Å². The first kappa shape index (κ1) is 14.3. The summed E-state index contributed by atoms with van der Waals surface area (Å²) in [6, 6.07) is 5.97. The van der Waals surface area contributed by atoms with Crippen LogP contribution in [0.3, 0.4) is 0 Å². The van der Waals surface area contributed by atoms with E-state index in [2.05, 4.69) is 0 Å². The summed E-state index contributed by atoms with van der Waals surface area (Å²) in [5, 5.41) is 9.46. The average Bonchev–Trinajstić information content (AvgIpc) is 2.74. The third kappa shape index (κ3) is 2.61. The molecule has 1 unspecified atom stereocenters. The van der Waals surface area contributed by atoms with Crippen molar-refractivity contribution >= 4 is 27.6 Å². The van der Waals surface area contributed by atoms with E-state index in [9.17, 15) is 13.2 Å². The van der Waals surface area contributed by atoms with Crippen LogP contribution in [0.4, 0.5) is 0 Å². The van der Waals surface area contributed by atoms with Crippen molar-refractivity contribution in [1.82, 2.24) is 4.31 Å². The molecule has 104 valence electrons. The van der Waals surface area contributed by atoms with Gasteiger partial charge in [0.15, 0.2) is 0 Å². The Labute approximate surface area is 116 Å². The van der Waals surface area contributed by atoms with Gasteiger partial charge in [-0.05, 0) is 31.5 Å². The fourth-order valence-electron chi connectivity index (χ4n) is 2.08. The Morgan fingerprint density at radius 2 is 2.16 bits per heavy atom. The van der Waals surface area contributed by atoms with Crippen molar-refractivity contribution in [1.29, 1.82) is 0 Å². The minimum Gasteiger partial charge on any atom is -0.481 e. The summed E-state index contributed by atoms with van der Waals surface area (Å²) in [7, 11) is -3.68. The van der Waals surface area contributed by atoms with E-state index in [1.807, 2.05) is 0 Å². The van der Waals surface area contributed by atoms with E-state index in [4.69, 9.17) is 16.7 Å². The number of halogens is 1. The van der Waals surface area contributed by atoms with E-state index in [0.717, 1.165) is 0 Å². The van der Waals surface area contributed by atoms with E-state index < -0.39 is 21.4 Å². The molecule has 1 saturated heterocycles. The number of carboxylic acid groups (broad SMARTS) is 1. The Bertz CT molecular complexity index is 616. The van der Waals surface area contributed by atoms with Crippen molar-refractivity contribution in [2.24, 2.45) is 5.41 Å². The van der Waals surface area contributed by atoms with Gasteiger partial charge >= 0.3 is 5.97 Å². The minimum atomic E-state index is -3.68. The predicted octanol–water partition coefficient (Wildman–Crippen LogP) is 1.83. The quantitative estimate of drug-likeness (QED) is 0.924. The number of hydrogen-bond acceptors (Lipinski definition) is 3. The summed E-state index contributed by atoms with van der Waals surface area (Å²) in [5.41, 5.74) is -1.02. The van der Waals surface area contributed by atoms with Gasteiger partial charge in [0.2, 0.25) is 10.0 Å². The molecule has 1 aliphatic heterocycles. The number of hydrogen-bond donors (Lipinski definition) is 1. The largest absolute Gasteiger partial charge is 0.481 e. The summed E-state index contributed by atoms with van der Waals surface area (Å²) in [6.07, 6.45) is 0.308. The van der Waals surface area contributed by atoms with Gasteiger partial charge in [-0.2, -0.15) is 4.31 Å². The van der Waals surface area contributed by atoms with Crippen LogP contribution >= 0.6 is 11.6 Å². The van der Waals surface area contributed by atoms with Crippen LogP contribution < -0.4 is 0 Å². The third-order valence-electron chi connectivity index (χ3n) is 3.39. The Hall–Kier alpha value is -1.11. The Balaban J connectivity index is 2.31. The van der Waals surface area contributed by atoms with E-state index in [1.165, 1.54) is 16.4 Å². The highest BCUT2D eigenvalue weighted by molar-refractivity contribution is 7.89. The smallest absolute Gasteiger partial charge is 0.310 e. The van der Waals surface area contributed by atoms with E-state index in [-0.39, 0.29) is 18.0 Å². The lowest BCUT2D eigenvalue weighted by Gasteiger charge is -2.20. The van der Waals surface area contributed by atoms with Crippen LogP contribution in [0.2, 0.25) is 5.02 Å². The van der Waals surface area contributed by atoms with Gasteiger partial charge in [0.25, 0.3) is 0 Å². The van der Waals surface area contributed by atoms with Crippen LogP contribution in [0, 0.1) is 5.41 Å². The van der Waals surface area contributed by atoms with Gasteiger partial charge in [-0.1, -0.05) is 17.7 Å². The Morgan fingerprint density at radius 3 is 2.68 bits per heavy atom. The molecule has 1 aromatic rings. The van der Waals surface area contributed by atoms with Crippen molar-refractivity contribution in [3.63, 3.8) is 0 Å². The van der Waals surface area contributed by atoms with E-state index >= 15 is 0 Å². The lowest BCUT2D eigenvalue weighted by Crippen LogP contribution is -2.34. The number of nitrogens with zero attached hydrogens (tertiary/aromatic N) is 1. The maximum absolute atomic E-state index is 12.4. The molecule has 1 fully saturated rings. The highest BCUT2D eigenvalue weighted by Crippen LogP contribution is 2.34. The van der Waals surface area contributed by atoms with Gasteiger partial charge in [0.1, 0.15) is 0 Å². The molecule has 0 amide bonds. The molecule has 0 aliphatic carbocycles. The Morgan fingerprint density at radius 1 is 1.47 bits per heavy atom. The van der Waals surface area contributed by atoms with Gasteiger partial charge in [-0.25, -0.2) is 8.42 Å². The second kappa shape index (κ2) is 4.77. The molecule has 1 aromatic carbocycles. The van der Waals surface area contributed by atoms with Gasteiger partial charge in [-0.3, -0.25) is 4.79 Å². The summed E-state index contributed by atoms with van der Waals surface area (Å²) in [6.45, 7) is 1.75. The SMILES string of the molecule is CC1(C(=O)O)CCN(S(=O)(=O)c2cccc(Cl)c2)C1. The molecule has 0 radical (unpaired) electrons. The number of rotatable bonds is 3. The lowest BCUT2D eigenvalue weighted by atomic mass is 9.90. The summed E-state index contributed by atoms with van der Waals surface area (Å²) < 4.78 is 25.9. The van der Waals surface area contributed by atoms with Crippen molar-refractivity contribution in [2.45, 2.75) is 18.2 Å². The molecule has 0 saturated carbocycles.